The first-order valence-corrected chi connectivity index (χ1v) is 16.4. The van der Waals surface area contributed by atoms with Gasteiger partial charge in [-0.2, -0.15) is 0 Å². The molecule has 0 aliphatic carbocycles. The van der Waals surface area contributed by atoms with Gasteiger partial charge in [-0.15, -0.1) is 0 Å². The Morgan fingerprint density at radius 1 is 0.894 bits per heavy atom. The minimum atomic E-state index is -2.15. The molecule has 3 heterocycles. The molecule has 3 aliphatic heterocycles. The average Bonchev–Trinajstić information content (AvgIpc) is 3.31. The number of hydrogen-bond donors (Lipinski definition) is 2. The van der Waals surface area contributed by atoms with Crippen molar-refractivity contribution in [3.8, 4) is 5.75 Å². The fraction of sp³-hybridized carbons (Fsp3) is 0.621. The number of fused-ring (bicyclic) bond motifs is 1. The molecule has 2 N–H and O–H groups in total. The van der Waals surface area contributed by atoms with Gasteiger partial charge in [0.05, 0.1) is 64.0 Å². The van der Waals surface area contributed by atoms with Crippen molar-refractivity contribution in [2.75, 3.05) is 98.7 Å². The van der Waals surface area contributed by atoms with Gasteiger partial charge in [-0.3, -0.25) is 43.3 Å². The number of carbonyl (C=O) groups excluding carboxylic acids is 5. The van der Waals surface area contributed by atoms with Crippen molar-refractivity contribution in [1.82, 2.24) is 24.7 Å². The Hall–Kier alpha value is -3.36. The number of imide groups is 2. The van der Waals surface area contributed by atoms with Crippen LogP contribution in [0.1, 0.15) is 33.6 Å². The molecular formula is C29H40N5O12S-. The third-order valence-corrected chi connectivity index (χ3v) is 8.35. The van der Waals surface area contributed by atoms with Crippen molar-refractivity contribution >= 4 is 40.8 Å². The summed E-state index contributed by atoms with van der Waals surface area (Å²) in [6, 6.07) is 3.32. The molecule has 2 fully saturated rings. The SMILES string of the molecule is O=C(COc1cccc2c1C(=O)N(C1CCC(=O)NC1=O)C2=O)NCCOCCOCCOCCOCCN1CCN(S(=O)[O-])CC1. The molecule has 2 unspecified atom stereocenters. The molecular weight excluding hydrogens is 642 g/mol. The van der Waals surface area contributed by atoms with E-state index in [-0.39, 0.29) is 42.9 Å². The van der Waals surface area contributed by atoms with Crippen LogP contribution < -0.4 is 15.4 Å². The molecule has 17 nitrogen and oxygen atoms in total. The Labute approximate surface area is 274 Å². The van der Waals surface area contributed by atoms with Crippen molar-refractivity contribution < 1.29 is 56.4 Å². The zero-order chi connectivity index (χ0) is 33.6. The van der Waals surface area contributed by atoms with E-state index in [0.29, 0.717) is 72.4 Å². The monoisotopic (exact) mass is 682 g/mol. The van der Waals surface area contributed by atoms with E-state index in [1.165, 1.54) is 22.5 Å². The van der Waals surface area contributed by atoms with Gasteiger partial charge in [0.2, 0.25) is 11.8 Å². The summed E-state index contributed by atoms with van der Waals surface area (Å²) in [7, 11) is 0. The van der Waals surface area contributed by atoms with Crippen LogP contribution in [0.4, 0.5) is 0 Å². The molecule has 0 saturated carbocycles. The third kappa shape index (κ3) is 10.8. The number of amides is 5. The Morgan fingerprint density at radius 3 is 2.17 bits per heavy atom. The molecule has 18 heteroatoms. The number of rotatable bonds is 20. The first-order valence-electron chi connectivity index (χ1n) is 15.4. The first-order chi connectivity index (χ1) is 22.8. The summed E-state index contributed by atoms with van der Waals surface area (Å²) in [5.41, 5.74) is 0.0319. The normalized spacial score (nSPS) is 19.5. The number of hydrogen-bond acceptors (Lipinski definition) is 13. The molecule has 2 saturated heterocycles. The number of ether oxygens (including phenoxy) is 5. The van der Waals surface area contributed by atoms with Gasteiger partial charge in [0, 0.05) is 57.0 Å². The molecule has 1 aromatic rings. The Morgan fingerprint density at radius 2 is 1.53 bits per heavy atom. The second-order valence-corrected chi connectivity index (χ2v) is 11.7. The maximum Gasteiger partial charge on any atom is 0.266 e. The van der Waals surface area contributed by atoms with E-state index in [1.807, 2.05) is 0 Å². The summed E-state index contributed by atoms with van der Waals surface area (Å²) in [4.78, 5) is 65.0. The van der Waals surface area contributed by atoms with Crippen LogP contribution >= 0.6 is 0 Å². The number of nitrogens with zero attached hydrogens (tertiary/aromatic N) is 3. The van der Waals surface area contributed by atoms with E-state index in [2.05, 4.69) is 15.5 Å². The number of piperidine rings is 1. The summed E-state index contributed by atoms with van der Waals surface area (Å²) < 4.78 is 50.7. The molecule has 3 aliphatic rings. The zero-order valence-electron chi connectivity index (χ0n) is 26.0. The molecule has 0 radical (unpaired) electrons. The average molecular weight is 683 g/mol. The molecule has 0 aromatic heterocycles. The van der Waals surface area contributed by atoms with Gasteiger partial charge in [-0.1, -0.05) is 6.07 Å². The summed E-state index contributed by atoms with van der Waals surface area (Å²) in [5, 5.41) is 4.78. The fourth-order valence-electron chi connectivity index (χ4n) is 5.12. The molecule has 5 amide bonds. The quantitative estimate of drug-likeness (QED) is 0.0874. The van der Waals surface area contributed by atoms with Gasteiger partial charge >= 0.3 is 0 Å². The molecule has 2 atom stereocenters. The highest BCUT2D eigenvalue weighted by atomic mass is 32.2. The minimum absolute atomic E-state index is 0.0106. The lowest BCUT2D eigenvalue weighted by atomic mass is 10.0. The van der Waals surface area contributed by atoms with Gasteiger partial charge in [-0.25, -0.2) is 4.31 Å². The predicted octanol–water partition coefficient (Wildman–Crippen LogP) is -1.94. The lowest BCUT2D eigenvalue weighted by molar-refractivity contribution is -0.136. The summed E-state index contributed by atoms with van der Waals surface area (Å²) in [6.45, 7) is 6.12. The van der Waals surface area contributed by atoms with Gasteiger partial charge in [0.25, 0.3) is 17.7 Å². The second-order valence-electron chi connectivity index (χ2n) is 10.7. The van der Waals surface area contributed by atoms with E-state index in [0.717, 1.165) is 11.4 Å². The van der Waals surface area contributed by atoms with Crippen molar-refractivity contribution in [2.45, 2.75) is 18.9 Å². The highest BCUT2D eigenvalue weighted by Gasteiger charge is 2.46. The number of piperazine rings is 1. The van der Waals surface area contributed by atoms with Crippen molar-refractivity contribution in [3.05, 3.63) is 29.3 Å². The lowest BCUT2D eigenvalue weighted by Crippen LogP contribution is -2.54. The summed E-state index contributed by atoms with van der Waals surface area (Å²) >= 11 is -2.15. The van der Waals surface area contributed by atoms with Crippen LogP contribution in [-0.2, 0) is 44.6 Å². The van der Waals surface area contributed by atoms with Gasteiger partial charge in [0.15, 0.2) is 6.61 Å². The van der Waals surface area contributed by atoms with Crippen LogP contribution in [0.2, 0.25) is 0 Å². The summed E-state index contributed by atoms with van der Waals surface area (Å²) in [6.07, 6.45) is 0.0460. The maximum atomic E-state index is 13.1. The fourth-order valence-corrected chi connectivity index (χ4v) is 5.58. The number of carbonyl (C=O) groups is 5. The van der Waals surface area contributed by atoms with E-state index in [4.69, 9.17) is 23.7 Å². The standard InChI is InChI=1S/C29H41N5O12S/c35-24-5-4-22(27(37)31-24)34-28(38)21-2-1-3-23(26(21)29(34)39)46-20-25(36)30-6-12-42-14-16-44-18-19-45-17-15-43-13-11-32-7-9-33(10-8-32)47(40)41/h1-3,22H,4-20H2,(H,30,36)(H,40,41)(H,31,35,37)/p-1. The van der Waals surface area contributed by atoms with E-state index in [1.54, 1.807) is 0 Å². The maximum absolute atomic E-state index is 13.1. The van der Waals surface area contributed by atoms with E-state index >= 15 is 0 Å². The Balaban J connectivity index is 0.980. The number of nitrogens with one attached hydrogen (secondary N) is 2. The highest BCUT2D eigenvalue weighted by Crippen LogP contribution is 2.33. The largest absolute Gasteiger partial charge is 0.760 e. The van der Waals surface area contributed by atoms with Crippen molar-refractivity contribution in [2.24, 2.45) is 0 Å². The van der Waals surface area contributed by atoms with E-state index in [9.17, 15) is 32.7 Å². The lowest BCUT2D eigenvalue weighted by Gasteiger charge is -2.35. The molecule has 4 rings (SSSR count). The topological polar surface area (TPSA) is 205 Å². The van der Waals surface area contributed by atoms with Crippen LogP contribution in [0.5, 0.6) is 5.75 Å². The zero-order valence-corrected chi connectivity index (χ0v) is 26.8. The molecule has 260 valence electrons. The van der Waals surface area contributed by atoms with Crippen molar-refractivity contribution in [3.63, 3.8) is 0 Å². The van der Waals surface area contributed by atoms with Gasteiger partial charge in [-0.05, 0) is 18.6 Å². The highest BCUT2D eigenvalue weighted by molar-refractivity contribution is 7.76. The minimum Gasteiger partial charge on any atom is -0.760 e. The van der Waals surface area contributed by atoms with Crippen molar-refractivity contribution in [1.29, 1.82) is 0 Å². The first kappa shape index (κ1) is 36.5. The van der Waals surface area contributed by atoms with Crippen LogP contribution in [-0.4, -0.2) is 157 Å². The van der Waals surface area contributed by atoms with Gasteiger partial charge in [0.1, 0.15) is 11.8 Å². The summed E-state index contributed by atoms with van der Waals surface area (Å²) in [5.74, 6) is -2.97. The van der Waals surface area contributed by atoms with E-state index < -0.39 is 53.5 Å². The predicted molar refractivity (Wildman–Crippen MR) is 162 cm³/mol. The van der Waals surface area contributed by atoms with Crippen LogP contribution in [0.25, 0.3) is 0 Å². The Bertz CT molecular complexity index is 1290. The molecule has 1 aromatic carbocycles. The van der Waals surface area contributed by atoms with Crippen LogP contribution in [0.15, 0.2) is 18.2 Å². The van der Waals surface area contributed by atoms with Gasteiger partial charge < -0.3 is 33.6 Å². The molecule has 0 spiro atoms. The van der Waals surface area contributed by atoms with Crippen LogP contribution in [0, 0.1) is 0 Å². The Kier molecular flexibility index (Phi) is 14.6. The molecule has 47 heavy (non-hydrogen) atoms. The smallest absolute Gasteiger partial charge is 0.266 e. The molecule has 0 bridgehead atoms. The second kappa shape index (κ2) is 18.8. The van der Waals surface area contributed by atoms with Crippen LogP contribution in [0.3, 0.4) is 0 Å². The third-order valence-electron chi connectivity index (χ3n) is 7.57. The number of benzene rings is 1.